The first-order valence-electron chi connectivity index (χ1n) is 11.7. The molecule has 4 aromatic rings. The minimum atomic E-state index is -0.562. The minimum absolute atomic E-state index is 0.0340. The van der Waals surface area contributed by atoms with E-state index in [4.69, 9.17) is 16.3 Å². The van der Waals surface area contributed by atoms with Crippen LogP contribution in [0.2, 0.25) is 5.02 Å². The van der Waals surface area contributed by atoms with E-state index in [1.54, 1.807) is 7.11 Å². The zero-order valence-corrected chi connectivity index (χ0v) is 20.0. The maximum absolute atomic E-state index is 13.0. The molecule has 1 saturated carbocycles. The number of carbonyl (C=O) groups excluding carboxylic acids is 1. The fraction of sp³-hybridized carbons (Fsp3) is 0.280. The second kappa shape index (κ2) is 7.55. The molecule has 3 aliphatic rings. The number of anilines is 4. The molecule has 0 bridgehead atoms. The average Bonchev–Trinajstić information content (AvgIpc) is 3.42. The molecule has 0 unspecified atom stereocenters. The van der Waals surface area contributed by atoms with E-state index in [0.717, 1.165) is 39.9 Å². The second-order valence-electron chi connectivity index (χ2n) is 9.51. The van der Waals surface area contributed by atoms with Crippen molar-refractivity contribution in [2.45, 2.75) is 23.9 Å². The van der Waals surface area contributed by atoms with Crippen LogP contribution in [0.5, 0.6) is 5.75 Å². The molecule has 0 radical (unpaired) electrons. The molecular formula is C25H22ClN7O3. The van der Waals surface area contributed by atoms with Gasteiger partial charge >= 0.3 is 0 Å². The highest BCUT2D eigenvalue weighted by Crippen LogP contribution is 2.65. The van der Waals surface area contributed by atoms with Crippen LogP contribution < -0.4 is 20.3 Å². The van der Waals surface area contributed by atoms with Crippen LogP contribution in [0.3, 0.4) is 0 Å². The van der Waals surface area contributed by atoms with E-state index in [9.17, 15) is 9.90 Å². The van der Waals surface area contributed by atoms with Crippen LogP contribution >= 0.6 is 11.6 Å². The summed E-state index contributed by atoms with van der Waals surface area (Å²) < 4.78 is 5.40. The van der Waals surface area contributed by atoms with Crippen LogP contribution in [-0.4, -0.2) is 57.5 Å². The van der Waals surface area contributed by atoms with Gasteiger partial charge in [0.05, 0.1) is 24.1 Å². The number of ether oxygens (including phenoxy) is 1. The van der Waals surface area contributed by atoms with Crippen molar-refractivity contribution in [1.29, 1.82) is 0 Å². The number of aliphatic hydroxyl groups excluding tert-OH is 1. The molecule has 2 atom stereocenters. The lowest BCUT2D eigenvalue weighted by Gasteiger charge is -2.37. The molecular weight excluding hydrogens is 482 g/mol. The van der Waals surface area contributed by atoms with Crippen LogP contribution in [0.25, 0.3) is 10.9 Å². The maximum Gasteiger partial charge on any atom is 0.235 e. The molecule has 2 aromatic heterocycles. The number of β-amino-alcohol motifs (C(OH)–C–C–N with tert-alkyl or cyclic N) is 1. The lowest BCUT2D eigenvalue weighted by molar-refractivity contribution is -0.118. The predicted octanol–water partition coefficient (Wildman–Crippen LogP) is 3.32. The molecule has 10 nitrogen and oxygen atoms in total. The number of methoxy groups -OCH3 is 1. The molecule has 36 heavy (non-hydrogen) atoms. The molecule has 2 aliphatic heterocycles. The Kier molecular flexibility index (Phi) is 4.49. The molecule has 182 valence electrons. The van der Waals surface area contributed by atoms with Gasteiger partial charge in [-0.05, 0) is 47.9 Å². The fourth-order valence-electron chi connectivity index (χ4n) is 5.46. The molecule has 1 amide bonds. The van der Waals surface area contributed by atoms with Crippen LogP contribution in [0.4, 0.5) is 23.1 Å². The number of aromatic nitrogens is 4. The standard InChI is InChI=1S/C25H22ClN7O3/c1-36-14-3-5-18-16(7-14)25(24(35)29-18)8-17(25)12-2-4-15-19(6-12)31-32-21(15)30-22-20(26)23(28-11-27-22)33-9-13(34)10-33/h2-7,11,13,17,34H,8-10H2,1H3,(H,29,35)(H2,27,28,30,31,32)/t17-,25-/m0/s1. The SMILES string of the molecule is COc1ccc2c(c1)[C@]1(C[C@H]1c1ccc3c(Nc4ncnc(N5CC(O)C5)c4Cl)n[nH]c3c1)C(=O)N2. The minimum Gasteiger partial charge on any atom is -0.497 e. The number of fused-ring (bicyclic) bond motifs is 3. The van der Waals surface area contributed by atoms with Crippen molar-refractivity contribution in [2.24, 2.45) is 0 Å². The summed E-state index contributed by atoms with van der Waals surface area (Å²) in [6.07, 6.45) is 1.81. The number of H-pyrrole nitrogens is 1. The Morgan fingerprint density at radius 1 is 1.19 bits per heavy atom. The number of nitrogens with one attached hydrogen (secondary N) is 3. The Labute approximate surface area is 210 Å². The van der Waals surface area contributed by atoms with Crippen LogP contribution in [0.15, 0.2) is 42.7 Å². The zero-order valence-electron chi connectivity index (χ0n) is 19.2. The zero-order chi connectivity index (χ0) is 24.6. The quantitative estimate of drug-likeness (QED) is 0.326. The van der Waals surface area contributed by atoms with Gasteiger partial charge in [-0.15, -0.1) is 0 Å². The Balaban J connectivity index is 1.17. The van der Waals surface area contributed by atoms with Gasteiger partial charge in [-0.25, -0.2) is 9.97 Å². The van der Waals surface area contributed by atoms with Crippen molar-refractivity contribution in [2.75, 3.05) is 35.7 Å². The summed E-state index contributed by atoms with van der Waals surface area (Å²) in [7, 11) is 1.63. The molecule has 7 rings (SSSR count). The maximum atomic E-state index is 13.0. The Morgan fingerprint density at radius 2 is 2.06 bits per heavy atom. The van der Waals surface area contributed by atoms with E-state index < -0.39 is 5.41 Å². The van der Waals surface area contributed by atoms with Crippen LogP contribution in [0.1, 0.15) is 23.5 Å². The van der Waals surface area contributed by atoms with Gasteiger partial charge < -0.3 is 25.4 Å². The van der Waals surface area contributed by atoms with Gasteiger partial charge in [-0.3, -0.25) is 9.89 Å². The van der Waals surface area contributed by atoms with Gasteiger partial charge in [0.25, 0.3) is 0 Å². The monoisotopic (exact) mass is 503 g/mol. The van der Waals surface area contributed by atoms with Gasteiger partial charge in [0.2, 0.25) is 5.91 Å². The Bertz CT molecular complexity index is 1550. The highest BCUT2D eigenvalue weighted by molar-refractivity contribution is 6.35. The number of benzene rings is 2. The molecule has 2 fully saturated rings. The van der Waals surface area contributed by atoms with Crippen molar-refractivity contribution in [3.05, 3.63) is 58.9 Å². The van der Waals surface area contributed by atoms with E-state index in [1.165, 1.54) is 6.33 Å². The number of carbonyl (C=O) groups is 1. The number of aromatic amines is 1. The third kappa shape index (κ3) is 3.01. The van der Waals surface area contributed by atoms with E-state index in [1.807, 2.05) is 41.3 Å². The summed E-state index contributed by atoms with van der Waals surface area (Å²) in [4.78, 5) is 23.4. The van der Waals surface area contributed by atoms with Gasteiger partial charge in [0.1, 0.15) is 17.1 Å². The smallest absolute Gasteiger partial charge is 0.235 e. The van der Waals surface area contributed by atoms with E-state index in [-0.39, 0.29) is 17.9 Å². The summed E-state index contributed by atoms with van der Waals surface area (Å²) in [5.41, 5.74) is 3.20. The summed E-state index contributed by atoms with van der Waals surface area (Å²) in [6, 6.07) is 11.8. The summed E-state index contributed by atoms with van der Waals surface area (Å²) in [6.45, 7) is 0.977. The van der Waals surface area contributed by atoms with Crippen molar-refractivity contribution < 1.29 is 14.6 Å². The second-order valence-corrected chi connectivity index (χ2v) is 9.89. The van der Waals surface area contributed by atoms with Gasteiger partial charge in [-0.1, -0.05) is 17.7 Å². The number of hydrogen-bond acceptors (Lipinski definition) is 8. The summed E-state index contributed by atoms with van der Waals surface area (Å²) >= 11 is 6.56. The van der Waals surface area contributed by atoms with Crippen LogP contribution in [0, 0.1) is 0 Å². The molecule has 4 heterocycles. The first-order chi connectivity index (χ1) is 17.5. The average molecular weight is 504 g/mol. The number of hydrogen-bond donors (Lipinski definition) is 4. The highest BCUT2D eigenvalue weighted by Gasteiger charge is 2.65. The normalized spacial score (nSPS) is 22.5. The number of aliphatic hydroxyl groups is 1. The molecule has 1 aliphatic carbocycles. The molecule has 2 aromatic carbocycles. The van der Waals surface area contributed by atoms with Crippen molar-refractivity contribution in [3.8, 4) is 5.75 Å². The molecule has 1 saturated heterocycles. The van der Waals surface area contributed by atoms with Crippen molar-refractivity contribution in [1.82, 2.24) is 20.2 Å². The number of nitrogens with zero attached hydrogens (tertiary/aromatic N) is 4. The molecule has 11 heteroatoms. The molecule has 1 spiro atoms. The first kappa shape index (κ1) is 21.4. The van der Waals surface area contributed by atoms with Gasteiger partial charge in [0.15, 0.2) is 17.5 Å². The summed E-state index contributed by atoms with van der Waals surface area (Å²) in [5, 5.41) is 24.6. The number of amides is 1. The topological polar surface area (TPSA) is 128 Å². The largest absolute Gasteiger partial charge is 0.497 e. The lowest BCUT2D eigenvalue weighted by Crippen LogP contribution is -2.51. The first-order valence-corrected chi connectivity index (χ1v) is 12.0. The third-order valence-electron chi connectivity index (χ3n) is 7.48. The lowest BCUT2D eigenvalue weighted by atomic mass is 9.91. The predicted molar refractivity (Wildman–Crippen MR) is 135 cm³/mol. The Morgan fingerprint density at radius 3 is 2.86 bits per heavy atom. The summed E-state index contributed by atoms with van der Waals surface area (Å²) in [5.74, 6) is 2.45. The van der Waals surface area contributed by atoms with E-state index in [2.05, 4.69) is 30.8 Å². The van der Waals surface area contributed by atoms with Gasteiger partial charge in [0, 0.05) is 30.1 Å². The Hall–Kier alpha value is -3.89. The highest BCUT2D eigenvalue weighted by atomic mass is 35.5. The number of halogens is 1. The van der Waals surface area contributed by atoms with Crippen molar-refractivity contribution in [3.63, 3.8) is 0 Å². The van der Waals surface area contributed by atoms with E-state index >= 15 is 0 Å². The van der Waals surface area contributed by atoms with Crippen LogP contribution in [-0.2, 0) is 10.2 Å². The fourth-order valence-corrected chi connectivity index (χ4v) is 5.72. The van der Waals surface area contributed by atoms with Crippen molar-refractivity contribution >= 4 is 51.6 Å². The van der Waals surface area contributed by atoms with E-state index in [0.29, 0.717) is 35.6 Å². The van der Waals surface area contributed by atoms with Gasteiger partial charge in [-0.2, -0.15) is 5.10 Å². The molecule has 4 N–H and O–H groups in total. The number of rotatable bonds is 5. The third-order valence-corrected chi connectivity index (χ3v) is 7.83.